The molecule has 7 atom stereocenters. The van der Waals surface area contributed by atoms with Gasteiger partial charge in [0.05, 0.1) is 12.5 Å². The highest BCUT2D eigenvalue weighted by Crippen LogP contribution is 2.21. The van der Waals surface area contributed by atoms with Crippen LogP contribution in [-0.2, 0) is 47.9 Å². The summed E-state index contributed by atoms with van der Waals surface area (Å²) in [5.41, 5.74) is 11.0. The van der Waals surface area contributed by atoms with Gasteiger partial charge in [-0.1, -0.05) is 41.5 Å². The highest BCUT2D eigenvalue weighted by molar-refractivity contribution is 5.97. The van der Waals surface area contributed by atoms with E-state index in [-0.39, 0.29) is 50.5 Å². The Hall–Kier alpha value is -5.34. The summed E-state index contributed by atoms with van der Waals surface area (Å²) in [5, 5.41) is 40.1. The van der Waals surface area contributed by atoms with Crippen LogP contribution in [0.1, 0.15) is 99.3 Å². The predicted octanol–water partition coefficient (Wildman–Crippen LogP) is -1.83. The summed E-state index contributed by atoms with van der Waals surface area (Å²) >= 11 is 0. The number of hydrogen-bond donors (Lipinski definition) is 10. The molecule has 0 aromatic rings. The lowest BCUT2D eigenvalue weighted by Gasteiger charge is -2.31. The molecular weight excluding hydrogens is 752 g/mol. The minimum Gasteiger partial charge on any atom is -0.481 e. The van der Waals surface area contributed by atoms with Gasteiger partial charge in [-0.2, -0.15) is 0 Å². The molecule has 12 N–H and O–H groups in total. The zero-order valence-corrected chi connectivity index (χ0v) is 33.4. The first-order valence-electron chi connectivity index (χ1n) is 19.0. The Kier molecular flexibility index (Phi) is 20.6. The molecule has 1 rings (SSSR count). The molecule has 1 saturated heterocycles. The molecule has 1 aliphatic rings. The van der Waals surface area contributed by atoms with Crippen LogP contribution in [-0.4, -0.2) is 128 Å². The van der Waals surface area contributed by atoms with Gasteiger partial charge in [-0.05, 0) is 56.3 Å². The second-order valence-corrected chi connectivity index (χ2v) is 15.4. The molecule has 21 nitrogen and oxygen atoms in total. The minimum absolute atomic E-state index is 0.0516. The molecular formula is C36H60N8O13. The maximum absolute atomic E-state index is 14.1. The molecule has 57 heavy (non-hydrogen) atoms. The van der Waals surface area contributed by atoms with Crippen molar-refractivity contribution in [2.45, 2.75) is 142 Å². The average Bonchev–Trinajstić information content (AvgIpc) is 3.58. The van der Waals surface area contributed by atoms with Gasteiger partial charge in [0.25, 0.3) is 0 Å². The van der Waals surface area contributed by atoms with Gasteiger partial charge >= 0.3 is 17.9 Å². The Morgan fingerprint density at radius 1 is 0.649 bits per heavy atom. The number of primary amides is 1. The summed E-state index contributed by atoms with van der Waals surface area (Å²) in [7, 11) is 0. The van der Waals surface area contributed by atoms with Crippen molar-refractivity contribution >= 4 is 59.3 Å². The lowest BCUT2D eigenvalue weighted by atomic mass is 9.99. The second kappa shape index (κ2) is 23.7. The van der Waals surface area contributed by atoms with Gasteiger partial charge in [0, 0.05) is 19.4 Å². The highest BCUT2D eigenvalue weighted by atomic mass is 16.4. The van der Waals surface area contributed by atoms with Crippen LogP contribution in [0.25, 0.3) is 0 Å². The van der Waals surface area contributed by atoms with Gasteiger partial charge in [0.2, 0.25) is 41.4 Å². The van der Waals surface area contributed by atoms with Crippen molar-refractivity contribution in [3.05, 3.63) is 0 Å². The van der Waals surface area contributed by atoms with Crippen molar-refractivity contribution in [3.8, 4) is 0 Å². The quantitative estimate of drug-likeness (QED) is 0.0485. The predicted molar refractivity (Wildman–Crippen MR) is 201 cm³/mol. The lowest BCUT2D eigenvalue weighted by molar-refractivity contribution is -0.144. The summed E-state index contributed by atoms with van der Waals surface area (Å²) in [6.45, 7) is 10.3. The number of aliphatic carboxylic acids is 3. The van der Waals surface area contributed by atoms with Crippen LogP contribution >= 0.6 is 0 Å². The normalized spacial score (nSPS) is 17.1. The molecule has 0 bridgehead atoms. The van der Waals surface area contributed by atoms with E-state index in [1.54, 1.807) is 41.5 Å². The van der Waals surface area contributed by atoms with Gasteiger partial charge in [0.1, 0.15) is 36.3 Å². The number of carbonyl (C=O) groups is 10. The molecule has 21 heteroatoms. The summed E-state index contributed by atoms with van der Waals surface area (Å²) < 4.78 is 0. The number of carboxylic acid groups (broad SMARTS) is 3. The van der Waals surface area contributed by atoms with Crippen LogP contribution in [0, 0.1) is 17.8 Å². The Morgan fingerprint density at radius 3 is 1.63 bits per heavy atom. The maximum atomic E-state index is 14.1. The first kappa shape index (κ1) is 49.7. The number of nitrogens with two attached hydrogens (primary N) is 2. The third-order valence-corrected chi connectivity index (χ3v) is 9.05. The van der Waals surface area contributed by atoms with E-state index in [4.69, 9.17) is 16.6 Å². The number of carboxylic acids is 3. The third-order valence-electron chi connectivity index (χ3n) is 9.05. The summed E-state index contributed by atoms with van der Waals surface area (Å²) in [6, 6.07) is -9.37. The van der Waals surface area contributed by atoms with Crippen LogP contribution in [0.3, 0.4) is 0 Å². The van der Waals surface area contributed by atoms with E-state index in [2.05, 4.69) is 26.6 Å². The molecule has 0 aromatic heterocycles. The minimum atomic E-state index is -1.55. The fourth-order valence-corrected chi connectivity index (χ4v) is 6.13. The maximum Gasteiger partial charge on any atom is 0.326 e. The Bertz CT molecular complexity index is 1490. The number of rotatable bonds is 25. The van der Waals surface area contributed by atoms with E-state index >= 15 is 0 Å². The molecule has 1 fully saturated rings. The first-order chi connectivity index (χ1) is 26.4. The molecule has 0 aliphatic carbocycles. The first-order valence-corrected chi connectivity index (χ1v) is 19.0. The van der Waals surface area contributed by atoms with Gasteiger partial charge in [-0.15, -0.1) is 0 Å². The van der Waals surface area contributed by atoms with Crippen molar-refractivity contribution in [2.75, 3.05) is 6.54 Å². The largest absolute Gasteiger partial charge is 0.481 e. The second-order valence-electron chi connectivity index (χ2n) is 15.4. The van der Waals surface area contributed by atoms with Gasteiger partial charge < -0.3 is 58.3 Å². The van der Waals surface area contributed by atoms with Gasteiger partial charge in [-0.25, -0.2) is 4.79 Å². The molecule has 1 heterocycles. The monoisotopic (exact) mass is 812 g/mol. The number of hydrogen-bond acceptors (Lipinski definition) is 11. The molecule has 1 aliphatic heterocycles. The third kappa shape index (κ3) is 17.6. The summed E-state index contributed by atoms with van der Waals surface area (Å²) in [4.78, 5) is 128. The number of carbonyl (C=O) groups excluding carboxylic acids is 7. The SMILES string of the molecule is CC(C)C[C@H](NC(=O)[C@H](CCC(N)=O)NC(=O)[C@@H]1CCCN1C(=O)[C@H](CC(C)C)NC(=O)[C@H](CCC(=O)O)NC(=O)[C@@H](N)CC(=O)O)C(=O)N[C@H](C(=O)O)C(C)C. The smallest absolute Gasteiger partial charge is 0.326 e. The molecule has 0 spiro atoms. The van der Waals surface area contributed by atoms with Crippen molar-refractivity contribution in [2.24, 2.45) is 29.2 Å². The number of amides is 7. The Labute approximate surface area is 331 Å². The molecule has 0 unspecified atom stereocenters. The van der Waals surface area contributed by atoms with E-state index < -0.39 is 127 Å². The highest BCUT2D eigenvalue weighted by Gasteiger charge is 2.40. The lowest BCUT2D eigenvalue weighted by Crippen LogP contribution is -2.60. The van der Waals surface area contributed by atoms with E-state index in [0.717, 1.165) is 0 Å². The fraction of sp³-hybridized carbons (Fsp3) is 0.722. The number of nitrogens with zero attached hydrogens (tertiary/aromatic N) is 1. The number of nitrogens with one attached hydrogen (secondary N) is 5. The Morgan fingerprint density at radius 2 is 1.14 bits per heavy atom. The van der Waals surface area contributed by atoms with Crippen LogP contribution in [0.2, 0.25) is 0 Å². The van der Waals surface area contributed by atoms with Crippen molar-refractivity contribution in [1.82, 2.24) is 31.5 Å². The zero-order chi connectivity index (χ0) is 43.7. The van der Waals surface area contributed by atoms with Crippen LogP contribution in [0.15, 0.2) is 0 Å². The topological polar surface area (TPSA) is 347 Å². The van der Waals surface area contributed by atoms with E-state index in [1.807, 2.05) is 0 Å². The zero-order valence-electron chi connectivity index (χ0n) is 33.4. The standard InChI is InChI=1S/C36H60N8O13/c1-17(2)14-23(33(53)43-29(19(5)6)36(56)57)41-31(51)21(9-11-26(38)45)40-34(54)25-8-7-13-44(25)35(55)24(15-18(3)4)42-32(52)22(10-12-27(46)47)39-30(50)20(37)16-28(48)49/h17-25,29H,7-16,37H2,1-6H3,(H2,38,45)(H,39,50)(H,40,54)(H,41,51)(H,42,52)(H,43,53)(H,46,47)(H,48,49)(H,56,57)/t20-,21-,22-,23-,24-,25-,29-/m0/s1. The molecule has 0 aromatic carbocycles. The van der Waals surface area contributed by atoms with Gasteiger partial charge in [-0.3, -0.25) is 43.2 Å². The summed E-state index contributed by atoms with van der Waals surface area (Å²) in [6.07, 6.45) is -1.74. The van der Waals surface area contributed by atoms with Crippen LogP contribution in [0.5, 0.6) is 0 Å². The Balaban J connectivity index is 3.33. The average molecular weight is 813 g/mol. The molecule has 7 amide bonds. The van der Waals surface area contributed by atoms with Crippen molar-refractivity contribution in [1.29, 1.82) is 0 Å². The molecule has 0 saturated carbocycles. The van der Waals surface area contributed by atoms with Crippen LogP contribution in [0.4, 0.5) is 0 Å². The number of likely N-dealkylation sites (tertiary alicyclic amines) is 1. The fourth-order valence-electron chi connectivity index (χ4n) is 6.13. The summed E-state index contributed by atoms with van der Waals surface area (Å²) in [5.74, 6) is -10.6. The van der Waals surface area contributed by atoms with E-state index in [0.29, 0.717) is 6.42 Å². The van der Waals surface area contributed by atoms with E-state index in [9.17, 15) is 58.2 Å². The molecule has 322 valence electrons. The van der Waals surface area contributed by atoms with Crippen LogP contribution < -0.4 is 38.1 Å². The van der Waals surface area contributed by atoms with E-state index in [1.165, 1.54) is 4.90 Å². The van der Waals surface area contributed by atoms with Crippen molar-refractivity contribution < 1.29 is 63.3 Å². The van der Waals surface area contributed by atoms with Gasteiger partial charge in [0.15, 0.2) is 0 Å². The van der Waals surface area contributed by atoms with Crippen molar-refractivity contribution in [3.63, 3.8) is 0 Å². The molecule has 0 radical (unpaired) electrons.